The molecule has 0 amide bonds. The predicted molar refractivity (Wildman–Crippen MR) is 89.8 cm³/mol. The van der Waals surface area contributed by atoms with E-state index in [1.165, 1.54) is 0 Å². The first-order valence-corrected chi connectivity index (χ1v) is 7.32. The van der Waals surface area contributed by atoms with Crippen molar-refractivity contribution in [3.8, 4) is 17.0 Å². The maximum absolute atomic E-state index is 5.21. The van der Waals surface area contributed by atoms with Gasteiger partial charge in [-0.1, -0.05) is 12.1 Å². The minimum absolute atomic E-state index is 0.549. The molecule has 0 saturated heterocycles. The molecule has 1 aliphatic rings. The lowest BCUT2D eigenvalue weighted by Gasteiger charge is -2.05. The number of aromatic nitrogens is 3. The van der Waals surface area contributed by atoms with Crippen LogP contribution < -0.4 is 10.1 Å². The summed E-state index contributed by atoms with van der Waals surface area (Å²) < 4.78 is 7.03. The summed E-state index contributed by atoms with van der Waals surface area (Å²) in [4.78, 5) is 8.73. The van der Waals surface area contributed by atoms with E-state index in [9.17, 15) is 0 Å². The first-order chi connectivity index (χ1) is 11.3. The molecule has 23 heavy (non-hydrogen) atoms. The number of aliphatic imine (C=N–C) groups is 1. The van der Waals surface area contributed by atoms with Crippen molar-refractivity contribution < 1.29 is 4.74 Å². The number of fused-ring (bicyclic) bond motifs is 1. The number of anilines is 1. The van der Waals surface area contributed by atoms with Gasteiger partial charge in [-0.05, 0) is 36.4 Å². The molecule has 0 atom stereocenters. The average Bonchev–Trinajstić information content (AvgIpc) is 3.24. The lowest BCUT2D eigenvalue weighted by atomic mass is 10.1. The van der Waals surface area contributed by atoms with Crippen LogP contribution in [0.25, 0.3) is 16.9 Å². The topological polar surface area (TPSA) is 63.8 Å². The number of benzene rings is 1. The van der Waals surface area contributed by atoms with E-state index in [4.69, 9.17) is 4.74 Å². The molecular weight excluding hydrogens is 290 g/mol. The second kappa shape index (κ2) is 5.57. The monoisotopic (exact) mass is 305 g/mol. The Hall–Kier alpha value is -3.15. The Balaban J connectivity index is 1.72. The third-order valence-electron chi connectivity index (χ3n) is 3.65. The molecule has 0 aliphatic carbocycles. The van der Waals surface area contributed by atoms with Crippen molar-refractivity contribution in [1.29, 1.82) is 0 Å². The van der Waals surface area contributed by atoms with Gasteiger partial charge in [0.25, 0.3) is 0 Å². The van der Waals surface area contributed by atoms with Crippen LogP contribution in [-0.4, -0.2) is 27.5 Å². The minimum Gasteiger partial charge on any atom is -0.497 e. The first-order valence-electron chi connectivity index (χ1n) is 7.32. The van der Waals surface area contributed by atoms with Crippen LogP contribution in [0.15, 0.2) is 59.7 Å². The Morgan fingerprint density at radius 1 is 1.13 bits per heavy atom. The summed E-state index contributed by atoms with van der Waals surface area (Å²) >= 11 is 0. The number of hydrogen-bond acceptors (Lipinski definition) is 5. The van der Waals surface area contributed by atoms with E-state index in [0.29, 0.717) is 5.95 Å². The summed E-state index contributed by atoms with van der Waals surface area (Å²) in [5.41, 5.74) is 2.80. The van der Waals surface area contributed by atoms with Crippen LogP contribution in [0.4, 0.5) is 5.95 Å². The van der Waals surface area contributed by atoms with Gasteiger partial charge in [0.1, 0.15) is 11.6 Å². The number of pyridine rings is 1. The van der Waals surface area contributed by atoms with Gasteiger partial charge in [0, 0.05) is 18.2 Å². The fraction of sp³-hybridized carbons (Fsp3) is 0.118. The number of hydrogen-bond donors (Lipinski definition) is 1. The largest absolute Gasteiger partial charge is 0.497 e. The van der Waals surface area contributed by atoms with E-state index in [-0.39, 0.29) is 0 Å². The number of amidine groups is 1. The lowest BCUT2D eigenvalue weighted by molar-refractivity contribution is 0.415. The standard InChI is InChI=1S/C17H15N5O/c1-23-13-9-7-12(8-10-13)14-4-2-6-16-20-17(21-22(14)16)19-15-5-3-11-18-15/h2-4,6-11H,5H2,1H3,(H,18,19,21). The van der Waals surface area contributed by atoms with Crippen molar-refractivity contribution in [2.24, 2.45) is 4.99 Å². The van der Waals surface area contributed by atoms with Crippen molar-refractivity contribution in [3.05, 3.63) is 54.7 Å². The molecule has 6 nitrogen and oxygen atoms in total. The summed E-state index contributed by atoms with van der Waals surface area (Å²) in [7, 11) is 1.66. The molecular formula is C17H15N5O. The Morgan fingerprint density at radius 3 is 2.74 bits per heavy atom. The van der Waals surface area contributed by atoms with Gasteiger partial charge in [-0.2, -0.15) is 4.98 Å². The highest BCUT2D eigenvalue weighted by Crippen LogP contribution is 2.23. The third kappa shape index (κ3) is 2.55. The van der Waals surface area contributed by atoms with Crippen molar-refractivity contribution in [1.82, 2.24) is 14.6 Å². The molecule has 3 aromatic rings. The Labute approximate surface area is 133 Å². The Kier molecular flexibility index (Phi) is 3.27. The minimum atomic E-state index is 0.549. The maximum Gasteiger partial charge on any atom is 0.248 e. The lowest BCUT2D eigenvalue weighted by Crippen LogP contribution is -2.09. The molecule has 114 valence electrons. The predicted octanol–water partition coefficient (Wildman–Crippen LogP) is 3.13. The van der Waals surface area contributed by atoms with Gasteiger partial charge in [0.15, 0.2) is 5.65 Å². The fourth-order valence-corrected chi connectivity index (χ4v) is 2.51. The molecule has 0 unspecified atom stereocenters. The van der Waals surface area contributed by atoms with E-state index < -0.39 is 0 Å². The Morgan fingerprint density at radius 2 is 2.00 bits per heavy atom. The molecule has 1 aliphatic heterocycles. The zero-order valence-electron chi connectivity index (χ0n) is 12.6. The summed E-state index contributed by atoms with van der Waals surface area (Å²) in [6, 6.07) is 13.8. The van der Waals surface area contributed by atoms with Crippen LogP contribution in [0.3, 0.4) is 0 Å². The quantitative estimate of drug-likeness (QED) is 0.807. The highest BCUT2D eigenvalue weighted by atomic mass is 16.5. The zero-order chi connectivity index (χ0) is 15.6. The van der Waals surface area contributed by atoms with Crippen LogP contribution in [-0.2, 0) is 0 Å². The van der Waals surface area contributed by atoms with E-state index in [2.05, 4.69) is 20.4 Å². The second-order valence-electron chi connectivity index (χ2n) is 5.13. The SMILES string of the molecule is COc1ccc(-c2cccc3nc(NC4=NC=CC4)nn23)cc1. The van der Waals surface area contributed by atoms with E-state index in [0.717, 1.165) is 34.9 Å². The third-order valence-corrected chi connectivity index (χ3v) is 3.65. The van der Waals surface area contributed by atoms with Crippen LogP contribution in [0.2, 0.25) is 0 Å². The number of methoxy groups -OCH3 is 1. The van der Waals surface area contributed by atoms with Gasteiger partial charge in [0.2, 0.25) is 5.95 Å². The fourth-order valence-electron chi connectivity index (χ4n) is 2.51. The smallest absolute Gasteiger partial charge is 0.248 e. The van der Waals surface area contributed by atoms with E-state index >= 15 is 0 Å². The van der Waals surface area contributed by atoms with Gasteiger partial charge in [-0.15, -0.1) is 5.10 Å². The molecule has 1 N–H and O–H groups in total. The molecule has 3 heterocycles. The molecule has 1 aromatic carbocycles. The average molecular weight is 305 g/mol. The van der Waals surface area contributed by atoms with Crippen LogP contribution >= 0.6 is 0 Å². The summed E-state index contributed by atoms with van der Waals surface area (Å²) in [6.45, 7) is 0. The van der Waals surface area contributed by atoms with Gasteiger partial charge in [-0.3, -0.25) is 0 Å². The molecule has 2 aromatic heterocycles. The Bertz CT molecular complexity index is 908. The maximum atomic E-state index is 5.21. The summed E-state index contributed by atoms with van der Waals surface area (Å²) in [5, 5.41) is 7.70. The highest BCUT2D eigenvalue weighted by molar-refractivity contribution is 5.96. The van der Waals surface area contributed by atoms with Crippen LogP contribution in [0.5, 0.6) is 5.75 Å². The van der Waals surface area contributed by atoms with E-state index in [1.54, 1.807) is 13.3 Å². The van der Waals surface area contributed by atoms with Gasteiger partial charge >= 0.3 is 0 Å². The van der Waals surface area contributed by atoms with E-state index in [1.807, 2.05) is 53.1 Å². The normalized spacial score (nSPS) is 13.3. The molecule has 0 radical (unpaired) electrons. The summed E-state index contributed by atoms with van der Waals surface area (Å²) in [5.74, 6) is 2.23. The first kappa shape index (κ1) is 13.5. The number of rotatable bonds is 3. The highest BCUT2D eigenvalue weighted by Gasteiger charge is 2.11. The molecule has 0 spiro atoms. The number of nitrogens with zero attached hydrogens (tertiary/aromatic N) is 4. The molecule has 4 rings (SSSR count). The number of nitrogens with one attached hydrogen (secondary N) is 1. The van der Waals surface area contributed by atoms with Gasteiger partial charge in [0.05, 0.1) is 12.8 Å². The molecule has 0 fully saturated rings. The molecule has 0 bridgehead atoms. The molecule has 0 saturated carbocycles. The second-order valence-corrected chi connectivity index (χ2v) is 5.13. The van der Waals surface area contributed by atoms with Crippen molar-refractivity contribution in [2.45, 2.75) is 6.42 Å². The molecule has 6 heteroatoms. The van der Waals surface area contributed by atoms with Crippen molar-refractivity contribution >= 4 is 17.4 Å². The van der Waals surface area contributed by atoms with Crippen LogP contribution in [0.1, 0.15) is 6.42 Å². The van der Waals surface area contributed by atoms with Crippen molar-refractivity contribution in [2.75, 3.05) is 12.4 Å². The van der Waals surface area contributed by atoms with Gasteiger partial charge in [-0.25, -0.2) is 9.51 Å². The van der Waals surface area contributed by atoms with Gasteiger partial charge < -0.3 is 10.1 Å². The summed E-state index contributed by atoms with van der Waals surface area (Å²) in [6.07, 6.45) is 4.54. The number of ether oxygens (including phenoxy) is 1. The zero-order valence-corrected chi connectivity index (χ0v) is 12.6. The van der Waals surface area contributed by atoms with Crippen molar-refractivity contribution in [3.63, 3.8) is 0 Å². The van der Waals surface area contributed by atoms with Crippen LogP contribution in [0, 0.1) is 0 Å².